The van der Waals surface area contributed by atoms with Gasteiger partial charge >= 0.3 is 0 Å². The molecule has 0 aliphatic heterocycles. The minimum absolute atomic E-state index is 0.0237. The lowest BCUT2D eigenvalue weighted by Gasteiger charge is -2.31. The van der Waals surface area contributed by atoms with Crippen LogP contribution in [0.1, 0.15) is 19.4 Å². The summed E-state index contributed by atoms with van der Waals surface area (Å²) in [4.78, 5) is 2.15. The fourth-order valence-electron chi connectivity index (χ4n) is 2.03. The first kappa shape index (κ1) is 14.8. The van der Waals surface area contributed by atoms with E-state index in [1.807, 2.05) is 12.1 Å². The van der Waals surface area contributed by atoms with Gasteiger partial charge < -0.3 is 15.4 Å². The molecule has 5 heteroatoms. The predicted octanol–water partition coefficient (Wildman–Crippen LogP) is 2.49. The minimum Gasteiger partial charge on any atom is -0.384 e. The zero-order valence-electron chi connectivity index (χ0n) is 11.0. The number of methoxy groups -OCH3 is 1. The van der Waals surface area contributed by atoms with Crippen molar-refractivity contribution in [3.63, 3.8) is 0 Å². The molecular formula is C13H20ClN3O. The van der Waals surface area contributed by atoms with Crippen molar-refractivity contribution in [1.82, 2.24) is 0 Å². The zero-order chi connectivity index (χ0) is 13.7. The number of nitrogens with zero attached hydrogens (tertiary/aromatic N) is 1. The van der Waals surface area contributed by atoms with Gasteiger partial charge in [0, 0.05) is 36.0 Å². The maximum Gasteiger partial charge on any atom is 0.124 e. The number of nitrogens with two attached hydrogens (primary N) is 1. The van der Waals surface area contributed by atoms with Crippen LogP contribution in [0.4, 0.5) is 5.69 Å². The Balaban J connectivity index is 3.16. The van der Waals surface area contributed by atoms with Gasteiger partial charge in [-0.05, 0) is 32.0 Å². The Morgan fingerprint density at radius 3 is 2.72 bits per heavy atom. The molecule has 0 saturated heterocycles. The molecule has 0 aromatic heterocycles. The lowest BCUT2D eigenvalue weighted by atomic mass is 10.1. The Morgan fingerprint density at radius 2 is 2.22 bits per heavy atom. The van der Waals surface area contributed by atoms with Crippen molar-refractivity contribution in [3.8, 4) is 0 Å². The van der Waals surface area contributed by atoms with Crippen LogP contribution in [0.15, 0.2) is 18.2 Å². The van der Waals surface area contributed by atoms with Crippen LogP contribution in [0.25, 0.3) is 0 Å². The van der Waals surface area contributed by atoms with Gasteiger partial charge in [0.25, 0.3) is 0 Å². The van der Waals surface area contributed by atoms with Crippen molar-refractivity contribution in [1.29, 1.82) is 5.41 Å². The van der Waals surface area contributed by atoms with Crippen molar-refractivity contribution in [3.05, 3.63) is 28.8 Å². The molecule has 100 valence electrons. The summed E-state index contributed by atoms with van der Waals surface area (Å²) in [5.41, 5.74) is 7.19. The van der Waals surface area contributed by atoms with Crippen molar-refractivity contribution in [2.24, 2.45) is 5.73 Å². The number of nitrogen functional groups attached to an aromatic ring is 1. The molecule has 1 aromatic carbocycles. The van der Waals surface area contributed by atoms with Gasteiger partial charge in [-0.3, -0.25) is 5.41 Å². The third kappa shape index (κ3) is 3.37. The molecule has 1 atom stereocenters. The summed E-state index contributed by atoms with van der Waals surface area (Å²) in [5, 5.41) is 8.23. The Bertz CT molecular complexity index is 423. The van der Waals surface area contributed by atoms with Gasteiger partial charge in [0.15, 0.2) is 0 Å². The van der Waals surface area contributed by atoms with E-state index in [0.717, 1.165) is 12.2 Å². The summed E-state index contributed by atoms with van der Waals surface area (Å²) in [6.07, 6.45) is 0. The largest absolute Gasteiger partial charge is 0.384 e. The number of rotatable bonds is 6. The molecule has 4 nitrogen and oxygen atoms in total. The summed E-state index contributed by atoms with van der Waals surface area (Å²) in [5.74, 6) is 0.0237. The average molecular weight is 270 g/mol. The van der Waals surface area contributed by atoms with E-state index in [4.69, 9.17) is 27.5 Å². The van der Waals surface area contributed by atoms with E-state index >= 15 is 0 Å². The number of hydrogen-bond acceptors (Lipinski definition) is 3. The monoisotopic (exact) mass is 269 g/mol. The molecular weight excluding hydrogens is 250 g/mol. The van der Waals surface area contributed by atoms with E-state index < -0.39 is 0 Å². The Hall–Kier alpha value is -1.26. The van der Waals surface area contributed by atoms with Gasteiger partial charge in [0.05, 0.1) is 6.61 Å². The second-order valence-electron chi connectivity index (χ2n) is 4.17. The second kappa shape index (κ2) is 6.61. The van der Waals surface area contributed by atoms with Gasteiger partial charge in [-0.1, -0.05) is 11.6 Å². The molecule has 0 aliphatic rings. The molecule has 1 rings (SSSR count). The van der Waals surface area contributed by atoms with Gasteiger partial charge in [0.1, 0.15) is 5.84 Å². The van der Waals surface area contributed by atoms with Crippen LogP contribution in [0.2, 0.25) is 5.02 Å². The summed E-state index contributed by atoms with van der Waals surface area (Å²) < 4.78 is 5.18. The van der Waals surface area contributed by atoms with Crippen molar-refractivity contribution in [2.45, 2.75) is 19.9 Å². The van der Waals surface area contributed by atoms with Crippen LogP contribution in [0.5, 0.6) is 0 Å². The smallest absolute Gasteiger partial charge is 0.124 e. The first-order valence-corrected chi connectivity index (χ1v) is 6.28. The van der Waals surface area contributed by atoms with E-state index in [1.165, 1.54) is 0 Å². The molecule has 1 unspecified atom stereocenters. The first-order chi connectivity index (χ1) is 8.51. The molecule has 0 amide bonds. The number of anilines is 1. The molecule has 0 fully saturated rings. The Morgan fingerprint density at radius 1 is 1.56 bits per heavy atom. The molecule has 0 radical (unpaired) electrons. The van der Waals surface area contributed by atoms with Gasteiger partial charge in [0.2, 0.25) is 0 Å². The molecule has 3 N–H and O–H groups in total. The molecule has 0 spiro atoms. The number of benzene rings is 1. The normalized spacial score (nSPS) is 12.2. The molecule has 1 aromatic rings. The molecule has 0 saturated carbocycles. The van der Waals surface area contributed by atoms with Crippen LogP contribution in [-0.4, -0.2) is 32.1 Å². The van der Waals surface area contributed by atoms with Crippen LogP contribution >= 0.6 is 11.6 Å². The number of halogens is 1. The molecule has 0 heterocycles. The average Bonchev–Trinajstić information content (AvgIpc) is 2.32. The van der Waals surface area contributed by atoms with E-state index in [9.17, 15) is 0 Å². The van der Waals surface area contributed by atoms with Crippen LogP contribution in [0, 0.1) is 5.41 Å². The fourth-order valence-corrected chi connectivity index (χ4v) is 2.20. The third-order valence-electron chi connectivity index (χ3n) is 2.84. The standard InChI is InChI=1S/C13H20ClN3O/c1-4-17(9(2)8-18-3)12-6-5-10(14)7-11(12)13(15)16/h5-7,9H,4,8H2,1-3H3,(H3,15,16). The summed E-state index contributed by atoms with van der Waals surface area (Å²) in [6, 6.07) is 5.64. The Labute approximate surface area is 113 Å². The SMILES string of the molecule is CCN(c1ccc(Cl)cc1C(=N)N)C(C)COC. The zero-order valence-corrected chi connectivity index (χ0v) is 11.8. The molecule has 0 bridgehead atoms. The minimum atomic E-state index is 0.0237. The van der Waals surface area contributed by atoms with Crippen LogP contribution in [-0.2, 0) is 4.74 Å². The summed E-state index contributed by atoms with van der Waals surface area (Å²) >= 11 is 5.95. The number of likely N-dealkylation sites (N-methyl/N-ethyl adjacent to an activating group) is 1. The number of amidine groups is 1. The number of nitrogens with one attached hydrogen (secondary N) is 1. The number of ether oxygens (including phenoxy) is 1. The predicted molar refractivity (Wildman–Crippen MR) is 76.8 cm³/mol. The maximum atomic E-state index is 7.65. The number of hydrogen-bond donors (Lipinski definition) is 2. The lowest BCUT2D eigenvalue weighted by molar-refractivity contribution is 0.182. The van der Waals surface area contributed by atoms with E-state index in [0.29, 0.717) is 17.2 Å². The van der Waals surface area contributed by atoms with Crippen molar-refractivity contribution >= 4 is 23.1 Å². The molecule has 18 heavy (non-hydrogen) atoms. The summed E-state index contributed by atoms with van der Waals surface area (Å²) in [7, 11) is 1.68. The molecule has 0 aliphatic carbocycles. The first-order valence-electron chi connectivity index (χ1n) is 5.90. The Kier molecular flexibility index (Phi) is 5.44. The lowest BCUT2D eigenvalue weighted by Crippen LogP contribution is -2.37. The maximum absolute atomic E-state index is 7.65. The van der Waals surface area contributed by atoms with Crippen LogP contribution < -0.4 is 10.6 Å². The highest BCUT2D eigenvalue weighted by atomic mass is 35.5. The quantitative estimate of drug-likeness (QED) is 0.616. The van der Waals surface area contributed by atoms with Crippen molar-refractivity contribution < 1.29 is 4.74 Å². The topological polar surface area (TPSA) is 62.3 Å². The van der Waals surface area contributed by atoms with Crippen LogP contribution in [0.3, 0.4) is 0 Å². The van der Waals surface area contributed by atoms with E-state index in [2.05, 4.69) is 18.7 Å². The van der Waals surface area contributed by atoms with E-state index in [-0.39, 0.29) is 11.9 Å². The summed E-state index contributed by atoms with van der Waals surface area (Å²) in [6.45, 7) is 5.57. The van der Waals surface area contributed by atoms with E-state index in [1.54, 1.807) is 13.2 Å². The van der Waals surface area contributed by atoms with Crippen molar-refractivity contribution in [2.75, 3.05) is 25.2 Å². The highest BCUT2D eigenvalue weighted by Crippen LogP contribution is 2.25. The fraction of sp³-hybridized carbons (Fsp3) is 0.462. The van der Waals surface area contributed by atoms with Gasteiger partial charge in [-0.15, -0.1) is 0 Å². The second-order valence-corrected chi connectivity index (χ2v) is 4.60. The third-order valence-corrected chi connectivity index (χ3v) is 3.07. The highest BCUT2D eigenvalue weighted by Gasteiger charge is 2.17. The highest BCUT2D eigenvalue weighted by molar-refractivity contribution is 6.31. The van der Waals surface area contributed by atoms with Gasteiger partial charge in [-0.25, -0.2) is 0 Å². The van der Waals surface area contributed by atoms with Gasteiger partial charge in [-0.2, -0.15) is 0 Å².